The summed E-state index contributed by atoms with van der Waals surface area (Å²) in [6.45, 7) is 1.33. The van der Waals surface area contributed by atoms with E-state index >= 15 is 0 Å². The van der Waals surface area contributed by atoms with Gasteiger partial charge in [-0.05, 0) is 19.1 Å². The SMILES string of the molecule is Cc1c([N+](=O)[O-])cnc(Nc2ccccc2)c1[N+](=O)[O-]. The first-order chi connectivity index (χ1) is 9.50. The topological polar surface area (TPSA) is 111 Å². The lowest BCUT2D eigenvalue weighted by atomic mass is 10.2. The molecular formula is C12H10N4O4. The Morgan fingerprint density at radius 1 is 1.10 bits per heavy atom. The van der Waals surface area contributed by atoms with Gasteiger partial charge in [0.05, 0.1) is 9.85 Å². The van der Waals surface area contributed by atoms with Crippen molar-refractivity contribution in [1.29, 1.82) is 0 Å². The van der Waals surface area contributed by atoms with Crippen molar-refractivity contribution in [3.8, 4) is 0 Å². The summed E-state index contributed by atoms with van der Waals surface area (Å²) in [7, 11) is 0. The smallest absolute Gasteiger partial charge is 0.321 e. The second-order valence-corrected chi connectivity index (χ2v) is 3.97. The summed E-state index contributed by atoms with van der Waals surface area (Å²) < 4.78 is 0. The Labute approximate surface area is 113 Å². The highest BCUT2D eigenvalue weighted by atomic mass is 16.6. The zero-order valence-corrected chi connectivity index (χ0v) is 10.4. The number of nitrogens with one attached hydrogen (secondary N) is 1. The Morgan fingerprint density at radius 2 is 1.75 bits per heavy atom. The molecule has 0 radical (unpaired) electrons. The van der Waals surface area contributed by atoms with E-state index < -0.39 is 15.5 Å². The monoisotopic (exact) mass is 274 g/mol. The molecule has 102 valence electrons. The van der Waals surface area contributed by atoms with Crippen LogP contribution in [0.15, 0.2) is 36.5 Å². The molecule has 0 atom stereocenters. The third-order valence-corrected chi connectivity index (χ3v) is 2.70. The molecule has 2 aromatic rings. The second kappa shape index (κ2) is 5.31. The van der Waals surface area contributed by atoms with Crippen molar-refractivity contribution in [2.75, 3.05) is 5.32 Å². The quantitative estimate of drug-likeness (QED) is 0.677. The molecule has 1 heterocycles. The lowest BCUT2D eigenvalue weighted by molar-refractivity contribution is -0.395. The molecule has 8 nitrogen and oxygen atoms in total. The number of benzene rings is 1. The van der Waals surface area contributed by atoms with E-state index in [0.717, 1.165) is 6.20 Å². The highest BCUT2D eigenvalue weighted by molar-refractivity contribution is 5.70. The molecule has 1 N–H and O–H groups in total. The Morgan fingerprint density at radius 3 is 2.30 bits per heavy atom. The summed E-state index contributed by atoms with van der Waals surface area (Å²) >= 11 is 0. The van der Waals surface area contributed by atoms with Crippen molar-refractivity contribution in [2.45, 2.75) is 6.92 Å². The van der Waals surface area contributed by atoms with E-state index in [9.17, 15) is 20.2 Å². The fraction of sp³-hybridized carbons (Fsp3) is 0.0833. The average Bonchev–Trinajstić information content (AvgIpc) is 2.39. The highest BCUT2D eigenvalue weighted by Crippen LogP contribution is 2.33. The van der Waals surface area contributed by atoms with Crippen molar-refractivity contribution in [3.05, 3.63) is 62.3 Å². The summed E-state index contributed by atoms with van der Waals surface area (Å²) in [5, 5.41) is 24.7. The van der Waals surface area contributed by atoms with Gasteiger partial charge in [0, 0.05) is 5.69 Å². The van der Waals surface area contributed by atoms with E-state index in [-0.39, 0.29) is 17.1 Å². The van der Waals surface area contributed by atoms with Gasteiger partial charge < -0.3 is 5.32 Å². The van der Waals surface area contributed by atoms with Crippen LogP contribution in [-0.4, -0.2) is 14.8 Å². The highest BCUT2D eigenvalue weighted by Gasteiger charge is 2.27. The van der Waals surface area contributed by atoms with Gasteiger partial charge in [-0.3, -0.25) is 20.2 Å². The summed E-state index contributed by atoms with van der Waals surface area (Å²) in [6, 6.07) is 8.73. The Bertz CT molecular complexity index is 673. The molecule has 2 rings (SSSR count). The first kappa shape index (κ1) is 13.4. The molecule has 0 unspecified atom stereocenters. The minimum absolute atomic E-state index is 0.0238. The summed E-state index contributed by atoms with van der Waals surface area (Å²) in [5.41, 5.74) is -0.205. The van der Waals surface area contributed by atoms with Crippen LogP contribution in [-0.2, 0) is 0 Å². The van der Waals surface area contributed by atoms with Gasteiger partial charge >= 0.3 is 5.69 Å². The van der Waals surface area contributed by atoms with Crippen molar-refractivity contribution in [1.82, 2.24) is 4.98 Å². The molecule has 0 saturated carbocycles. The van der Waals surface area contributed by atoms with Crippen molar-refractivity contribution < 1.29 is 9.85 Å². The van der Waals surface area contributed by atoms with Crippen molar-refractivity contribution in [3.63, 3.8) is 0 Å². The molecule has 0 aliphatic heterocycles. The van der Waals surface area contributed by atoms with Crippen LogP contribution in [0.5, 0.6) is 0 Å². The lowest BCUT2D eigenvalue weighted by Crippen LogP contribution is -2.04. The Balaban J connectivity index is 2.51. The largest absolute Gasteiger partial charge is 0.334 e. The van der Waals surface area contributed by atoms with E-state index in [1.807, 2.05) is 0 Å². The van der Waals surface area contributed by atoms with E-state index in [4.69, 9.17) is 0 Å². The van der Waals surface area contributed by atoms with E-state index in [0.29, 0.717) is 5.69 Å². The van der Waals surface area contributed by atoms with Crippen LogP contribution in [0.1, 0.15) is 5.56 Å². The van der Waals surface area contributed by atoms with Crippen LogP contribution < -0.4 is 5.32 Å². The molecule has 0 amide bonds. The van der Waals surface area contributed by atoms with Gasteiger partial charge in [0.25, 0.3) is 5.69 Å². The normalized spacial score (nSPS) is 10.1. The molecule has 8 heteroatoms. The number of hydrogen-bond donors (Lipinski definition) is 1. The van der Waals surface area contributed by atoms with Crippen LogP contribution >= 0.6 is 0 Å². The van der Waals surface area contributed by atoms with Crippen LogP contribution in [0.2, 0.25) is 0 Å². The van der Waals surface area contributed by atoms with Gasteiger partial charge in [0.15, 0.2) is 0 Å². The number of pyridine rings is 1. The molecule has 0 spiro atoms. The van der Waals surface area contributed by atoms with Crippen LogP contribution in [0.4, 0.5) is 22.9 Å². The van der Waals surface area contributed by atoms with Gasteiger partial charge in [0.2, 0.25) is 5.82 Å². The van der Waals surface area contributed by atoms with E-state index in [1.165, 1.54) is 6.92 Å². The first-order valence-corrected chi connectivity index (χ1v) is 5.61. The maximum atomic E-state index is 11.1. The minimum Gasteiger partial charge on any atom is -0.334 e. The molecule has 0 aliphatic carbocycles. The van der Waals surface area contributed by atoms with Gasteiger partial charge in [-0.2, -0.15) is 0 Å². The molecule has 1 aromatic heterocycles. The van der Waals surface area contributed by atoms with Gasteiger partial charge in [-0.1, -0.05) is 18.2 Å². The van der Waals surface area contributed by atoms with Crippen LogP contribution in [0.3, 0.4) is 0 Å². The predicted molar refractivity (Wildman–Crippen MR) is 72.0 cm³/mol. The third-order valence-electron chi connectivity index (χ3n) is 2.70. The summed E-state index contributed by atoms with van der Waals surface area (Å²) in [5.74, 6) is -0.0238. The van der Waals surface area contributed by atoms with Crippen LogP contribution in [0.25, 0.3) is 0 Å². The summed E-state index contributed by atoms with van der Waals surface area (Å²) in [6.07, 6.45) is 1.01. The number of rotatable bonds is 4. The number of aromatic nitrogens is 1. The molecule has 0 bridgehead atoms. The second-order valence-electron chi connectivity index (χ2n) is 3.97. The molecule has 0 fully saturated rings. The van der Waals surface area contributed by atoms with E-state index in [1.54, 1.807) is 30.3 Å². The number of para-hydroxylation sites is 1. The van der Waals surface area contributed by atoms with Crippen LogP contribution in [0, 0.1) is 27.2 Å². The Hall–Kier alpha value is -3.03. The fourth-order valence-corrected chi connectivity index (χ4v) is 1.74. The zero-order chi connectivity index (χ0) is 14.7. The van der Waals surface area contributed by atoms with Crippen molar-refractivity contribution in [2.24, 2.45) is 0 Å². The molecule has 1 aromatic carbocycles. The zero-order valence-electron chi connectivity index (χ0n) is 10.4. The van der Waals surface area contributed by atoms with Gasteiger partial charge in [-0.25, -0.2) is 4.98 Å². The average molecular weight is 274 g/mol. The maximum absolute atomic E-state index is 11.1. The number of anilines is 2. The minimum atomic E-state index is -0.693. The van der Waals surface area contributed by atoms with Crippen molar-refractivity contribution >= 4 is 22.9 Å². The fourth-order valence-electron chi connectivity index (χ4n) is 1.74. The molecule has 0 aliphatic rings. The number of nitrogens with zero attached hydrogens (tertiary/aromatic N) is 3. The van der Waals surface area contributed by atoms with Gasteiger partial charge in [0.1, 0.15) is 11.8 Å². The molecule has 20 heavy (non-hydrogen) atoms. The predicted octanol–water partition coefficient (Wildman–Crippen LogP) is 2.95. The first-order valence-electron chi connectivity index (χ1n) is 5.61. The number of hydrogen-bond acceptors (Lipinski definition) is 6. The standard InChI is InChI=1S/C12H10N4O4/c1-8-10(15(17)18)7-13-12(11(8)16(19)20)14-9-5-3-2-4-6-9/h2-7H,1H3,(H,13,14). The third kappa shape index (κ3) is 2.53. The summed E-state index contributed by atoms with van der Waals surface area (Å²) in [4.78, 5) is 24.3. The van der Waals surface area contributed by atoms with E-state index in [2.05, 4.69) is 10.3 Å². The molecule has 0 saturated heterocycles. The maximum Gasteiger partial charge on any atom is 0.321 e. The molecular weight excluding hydrogens is 264 g/mol. The number of nitro groups is 2. The Kier molecular flexibility index (Phi) is 3.56. The van der Waals surface area contributed by atoms with Gasteiger partial charge in [-0.15, -0.1) is 0 Å². The lowest BCUT2D eigenvalue weighted by Gasteiger charge is -2.07.